The first-order valence-electron chi connectivity index (χ1n) is 7.48. The fourth-order valence-corrected chi connectivity index (χ4v) is 2.88. The molecule has 0 bridgehead atoms. The summed E-state index contributed by atoms with van der Waals surface area (Å²) in [6.07, 6.45) is 0.669. The maximum atomic E-state index is 14.1. The van der Waals surface area contributed by atoms with Crippen LogP contribution in [0.4, 0.5) is 15.8 Å². The summed E-state index contributed by atoms with van der Waals surface area (Å²) in [5.74, 6) is -0.325. The van der Waals surface area contributed by atoms with Crippen LogP contribution in [0.25, 0.3) is 0 Å². The summed E-state index contributed by atoms with van der Waals surface area (Å²) >= 11 is 0. The Balaban J connectivity index is 1.70. The Hall–Kier alpha value is -2.36. The maximum Gasteiger partial charge on any atom is 0.150 e. The number of hydrogen-bond donors (Lipinski definition) is 0. The molecule has 0 N–H and O–H groups in total. The van der Waals surface area contributed by atoms with Crippen molar-refractivity contribution in [3.8, 4) is 0 Å². The van der Waals surface area contributed by atoms with Gasteiger partial charge in [-0.3, -0.25) is 4.79 Å². The average Bonchev–Trinajstić information content (AvgIpc) is 2.55. The summed E-state index contributed by atoms with van der Waals surface area (Å²) in [6.45, 7) is 5.34. The normalized spacial score (nSPS) is 15.0. The lowest BCUT2D eigenvalue weighted by molar-refractivity contribution is 0.112. The van der Waals surface area contributed by atoms with Crippen molar-refractivity contribution in [3.05, 3.63) is 59.4 Å². The third-order valence-electron chi connectivity index (χ3n) is 4.09. The van der Waals surface area contributed by atoms with E-state index in [2.05, 4.69) is 36.1 Å². The molecule has 114 valence electrons. The SMILES string of the molecule is Cc1cccc(N2CCN(c3ccc(C=O)cc3F)CC2)c1. The van der Waals surface area contributed by atoms with E-state index in [1.165, 1.54) is 17.3 Å². The maximum absolute atomic E-state index is 14.1. The smallest absolute Gasteiger partial charge is 0.150 e. The van der Waals surface area contributed by atoms with Gasteiger partial charge in [-0.1, -0.05) is 12.1 Å². The molecule has 2 aromatic carbocycles. The van der Waals surface area contributed by atoms with Gasteiger partial charge in [0, 0.05) is 37.4 Å². The van der Waals surface area contributed by atoms with Crippen LogP contribution in [0, 0.1) is 12.7 Å². The van der Waals surface area contributed by atoms with Gasteiger partial charge in [-0.05, 0) is 42.8 Å². The summed E-state index contributed by atoms with van der Waals surface area (Å²) in [6, 6.07) is 13.1. The molecule has 1 aliphatic heterocycles. The van der Waals surface area contributed by atoms with E-state index < -0.39 is 0 Å². The first-order chi connectivity index (χ1) is 10.7. The van der Waals surface area contributed by atoms with Gasteiger partial charge in [-0.2, -0.15) is 0 Å². The monoisotopic (exact) mass is 298 g/mol. The quantitative estimate of drug-likeness (QED) is 0.813. The number of piperazine rings is 1. The Morgan fingerprint density at radius 2 is 1.73 bits per heavy atom. The molecule has 4 heteroatoms. The predicted octanol–water partition coefficient (Wildman–Crippen LogP) is 3.27. The number of rotatable bonds is 3. The van der Waals surface area contributed by atoms with Crippen LogP contribution in [0.1, 0.15) is 15.9 Å². The summed E-state index contributed by atoms with van der Waals surface area (Å²) in [7, 11) is 0. The molecule has 0 saturated carbocycles. The standard InChI is InChI=1S/C18H19FN2O/c1-14-3-2-4-16(11-14)20-7-9-21(10-8-20)18-6-5-15(13-22)12-17(18)19/h2-6,11-13H,7-10H2,1H3. The molecule has 2 aromatic rings. The summed E-state index contributed by atoms with van der Waals surface area (Å²) in [5.41, 5.74) is 3.42. The van der Waals surface area contributed by atoms with Crippen LogP contribution >= 0.6 is 0 Å². The summed E-state index contributed by atoms with van der Waals surface area (Å²) < 4.78 is 14.1. The van der Waals surface area contributed by atoms with Crippen molar-refractivity contribution in [1.29, 1.82) is 0 Å². The highest BCUT2D eigenvalue weighted by molar-refractivity contribution is 5.76. The lowest BCUT2D eigenvalue weighted by Gasteiger charge is -2.37. The second-order valence-corrected chi connectivity index (χ2v) is 5.64. The van der Waals surface area contributed by atoms with E-state index in [-0.39, 0.29) is 5.82 Å². The Morgan fingerprint density at radius 1 is 1.00 bits per heavy atom. The molecule has 0 spiro atoms. The number of anilines is 2. The Morgan fingerprint density at radius 3 is 2.36 bits per heavy atom. The Bertz CT molecular complexity index is 679. The molecule has 1 heterocycles. The van der Waals surface area contributed by atoms with Gasteiger partial charge < -0.3 is 9.80 Å². The van der Waals surface area contributed by atoms with Gasteiger partial charge in [-0.15, -0.1) is 0 Å². The highest BCUT2D eigenvalue weighted by Gasteiger charge is 2.19. The fourth-order valence-electron chi connectivity index (χ4n) is 2.88. The van der Waals surface area contributed by atoms with E-state index in [0.717, 1.165) is 26.2 Å². The number of aryl methyl sites for hydroxylation is 1. The van der Waals surface area contributed by atoms with Crippen LogP contribution in [0.3, 0.4) is 0 Å². The van der Waals surface area contributed by atoms with Crippen molar-refractivity contribution in [1.82, 2.24) is 0 Å². The van der Waals surface area contributed by atoms with Gasteiger partial charge in [0.05, 0.1) is 5.69 Å². The first kappa shape index (κ1) is 14.6. The molecular formula is C18H19FN2O. The molecule has 0 radical (unpaired) electrons. The summed E-state index contributed by atoms with van der Waals surface area (Å²) in [5, 5.41) is 0. The molecule has 1 aliphatic rings. The van der Waals surface area contributed by atoms with Crippen LogP contribution in [-0.4, -0.2) is 32.5 Å². The topological polar surface area (TPSA) is 23.6 Å². The molecule has 3 nitrogen and oxygen atoms in total. The van der Waals surface area contributed by atoms with Crippen molar-refractivity contribution >= 4 is 17.7 Å². The minimum atomic E-state index is -0.325. The number of carbonyl (C=O) groups is 1. The van der Waals surface area contributed by atoms with Gasteiger partial charge in [0.1, 0.15) is 12.1 Å². The molecule has 0 aromatic heterocycles. The van der Waals surface area contributed by atoms with E-state index in [9.17, 15) is 9.18 Å². The van der Waals surface area contributed by atoms with Crippen molar-refractivity contribution in [3.63, 3.8) is 0 Å². The number of hydrogen-bond acceptors (Lipinski definition) is 3. The third-order valence-corrected chi connectivity index (χ3v) is 4.09. The second kappa shape index (κ2) is 6.18. The zero-order chi connectivity index (χ0) is 15.5. The minimum absolute atomic E-state index is 0.325. The van der Waals surface area contributed by atoms with Crippen LogP contribution < -0.4 is 9.80 Å². The van der Waals surface area contributed by atoms with Crippen LogP contribution in [0.15, 0.2) is 42.5 Å². The minimum Gasteiger partial charge on any atom is -0.368 e. The largest absolute Gasteiger partial charge is 0.368 e. The zero-order valence-corrected chi connectivity index (χ0v) is 12.6. The molecule has 0 aliphatic carbocycles. The molecule has 22 heavy (non-hydrogen) atoms. The molecular weight excluding hydrogens is 279 g/mol. The molecule has 1 fully saturated rings. The number of halogens is 1. The van der Waals surface area contributed by atoms with E-state index in [4.69, 9.17) is 0 Å². The molecule has 0 unspecified atom stereocenters. The van der Waals surface area contributed by atoms with E-state index in [1.54, 1.807) is 12.1 Å². The average molecular weight is 298 g/mol. The van der Waals surface area contributed by atoms with Gasteiger partial charge in [0.25, 0.3) is 0 Å². The zero-order valence-electron chi connectivity index (χ0n) is 12.6. The second-order valence-electron chi connectivity index (χ2n) is 5.64. The lowest BCUT2D eigenvalue weighted by atomic mass is 10.1. The van der Waals surface area contributed by atoms with Gasteiger partial charge >= 0.3 is 0 Å². The highest BCUT2D eigenvalue weighted by atomic mass is 19.1. The van der Waals surface area contributed by atoms with Crippen molar-refractivity contribution < 1.29 is 9.18 Å². The molecule has 0 atom stereocenters. The van der Waals surface area contributed by atoms with E-state index in [0.29, 0.717) is 17.5 Å². The first-order valence-corrected chi connectivity index (χ1v) is 7.48. The van der Waals surface area contributed by atoms with Crippen LogP contribution in [-0.2, 0) is 0 Å². The third kappa shape index (κ3) is 2.96. The van der Waals surface area contributed by atoms with Crippen molar-refractivity contribution in [2.75, 3.05) is 36.0 Å². The van der Waals surface area contributed by atoms with Crippen LogP contribution in [0.5, 0.6) is 0 Å². The highest BCUT2D eigenvalue weighted by Crippen LogP contribution is 2.24. The number of nitrogens with zero attached hydrogens (tertiary/aromatic N) is 2. The number of aldehydes is 1. The van der Waals surface area contributed by atoms with Gasteiger partial charge in [0.15, 0.2) is 0 Å². The number of benzene rings is 2. The Kier molecular flexibility index (Phi) is 4.09. The summed E-state index contributed by atoms with van der Waals surface area (Å²) in [4.78, 5) is 15.0. The van der Waals surface area contributed by atoms with Crippen molar-refractivity contribution in [2.45, 2.75) is 6.92 Å². The molecule has 0 amide bonds. The molecule has 3 rings (SSSR count). The van der Waals surface area contributed by atoms with Crippen molar-refractivity contribution in [2.24, 2.45) is 0 Å². The van der Waals surface area contributed by atoms with Crippen LogP contribution in [0.2, 0.25) is 0 Å². The Labute approximate surface area is 130 Å². The number of carbonyl (C=O) groups excluding carboxylic acids is 1. The van der Waals surface area contributed by atoms with E-state index >= 15 is 0 Å². The predicted molar refractivity (Wildman–Crippen MR) is 87.4 cm³/mol. The van der Waals surface area contributed by atoms with E-state index in [1.807, 2.05) is 4.90 Å². The van der Waals surface area contributed by atoms with Gasteiger partial charge in [0.2, 0.25) is 0 Å². The fraction of sp³-hybridized carbons (Fsp3) is 0.278. The lowest BCUT2D eigenvalue weighted by Crippen LogP contribution is -2.46. The molecule has 1 saturated heterocycles. The van der Waals surface area contributed by atoms with Gasteiger partial charge in [-0.25, -0.2) is 4.39 Å².